The molecular formula is C23H21ClN4O3. The second-order valence-electron chi connectivity index (χ2n) is 7.73. The van der Waals surface area contributed by atoms with Crippen LogP contribution in [0.2, 0.25) is 5.02 Å². The summed E-state index contributed by atoms with van der Waals surface area (Å²) >= 11 is 6.18. The molecule has 1 unspecified atom stereocenters. The molecule has 2 aromatic carbocycles. The van der Waals surface area contributed by atoms with Gasteiger partial charge in [0.15, 0.2) is 0 Å². The molecule has 0 amide bonds. The SMILES string of the molecule is O=c1[nH]c(=O)n(CCc2ccccc2)c(O)c1C1NCCc2c1[nH]c1ccc(Cl)cc21. The van der Waals surface area contributed by atoms with Crippen molar-refractivity contribution in [1.29, 1.82) is 0 Å². The number of hydrogen-bond donors (Lipinski definition) is 4. The van der Waals surface area contributed by atoms with Gasteiger partial charge in [-0.15, -0.1) is 0 Å². The summed E-state index contributed by atoms with van der Waals surface area (Å²) in [6.07, 6.45) is 1.31. The molecule has 2 aromatic heterocycles. The molecule has 0 radical (unpaired) electrons. The van der Waals surface area contributed by atoms with E-state index in [4.69, 9.17) is 11.6 Å². The first-order valence-electron chi connectivity index (χ1n) is 10.2. The van der Waals surface area contributed by atoms with Gasteiger partial charge in [-0.2, -0.15) is 0 Å². The highest BCUT2D eigenvalue weighted by atomic mass is 35.5. The summed E-state index contributed by atoms with van der Waals surface area (Å²) in [4.78, 5) is 30.9. The second kappa shape index (κ2) is 7.76. The number of halogens is 1. The number of aryl methyl sites for hydroxylation is 1. The van der Waals surface area contributed by atoms with Gasteiger partial charge in [0.05, 0.1) is 6.04 Å². The first-order valence-corrected chi connectivity index (χ1v) is 10.5. The quantitative estimate of drug-likeness (QED) is 0.395. The van der Waals surface area contributed by atoms with Crippen LogP contribution in [0.15, 0.2) is 58.1 Å². The Balaban J connectivity index is 1.59. The molecule has 5 rings (SSSR count). The summed E-state index contributed by atoms with van der Waals surface area (Å²) in [6, 6.07) is 14.7. The number of nitrogens with zero attached hydrogens (tertiary/aromatic N) is 1. The fourth-order valence-corrected chi connectivity index (χ4v) is 4.55. The van der Waals surface area contributed by atoms with E-state index in [0.29, 0.717) is 18.0 Å². The number of aromatic nitrogens is 3. The summed E-state index contributed by atoms with van der Waals surface area (Å²) in [5.74, 6) is -0.313. The Hall–Kier alpha value is -3.29. The lowest BCUT2D eigenvalue weighted by Crippen LogP contribution is -2.39. The molecule has 0 saturated carbocycles. The molecule has 3 heterocycles. The first-order chi connectivity index (χ1) is 15.0. The smallest absolute Gasteiger partial charge is 0.331 e. The fourth-order valence-electron chi connectivity index (χ4n) is 4.37. The number of benzene rings is 2. The first kappa shape index (κ1) is 19.7. The van der Waals surface area contributed by atoms with Crippen molar-refractivity contribution >= 4 is 22.5 Å². The second-order valence-corrected chi connectivity index (χ2v) is 8.16. The molecule has 1 atom stereocenters. The van der Waals surface area contributed by atoms with Crippen molar-refractivity contribution < 1.29 is 5.11 Å². The molecule has 0 saturated heterocycles. The fraction of sp³-hybridized carbons (Fsp3) is 0.217. The molecule has 4 aromatic rings. The lowest BCUT2D eigenvalue weighted by molar-refractivity contribution is 0.382. The highest BCUT2D eigenvalue weighted by Gasteiger charge is 2.31. The Bertz CT molecular complexity index is 1390. The standard InChI is InChI=1S/C23H21ClN4O3/c24-14-6-7-17-16(12-14)15-8-10-25-20(19(15)26-17)18-21(29)27-23(31)28(22(18)30)11-9-13-4-2-1-3-5-13/h1-7,12,20,25-26,30H,8-11H2,(H,27,29,31). The molecule has 158 valence electrons. The summed E-state index contributed by atoms with van der Waals surface area (Å²) in [5, 5.41) is 15.9. The highest BCUT2D eigenvalue weighted by molar-refractivity contribution is 6.31. The maximum absolute atomic E-state index is 12.8. The Kier molecular flexibility index (Phi) is 4.92. The van der Waals surface area contributed by atoms with Crippen LogP contribution in [0.3, 0.4) is 0 Å². The zero-order valence-corrected chi connectivity index (χ0v) is 17.4. The van der Waals surface area contributed by atoms with Crippen molar-refractivity contribution in [3.63, 3.8) is 0 Å². The number of aromatic amines is 2. The van der Waals surface area contributed by atoms with Gasteiger partial charge >= 0.3 is 5.69 Å². The lowest BCUT2D eigenvalue weighted by atomic mass is 9.95. The Morgan fingerprint density at radius 3 is 2.71 bits per heavy atom. The maximum Gasteiger partial charge on any atom is 0.331 e. The minimum atomic E-state index is -0.623. The molecule has 1 aliphatic heterocycles. The van der Waals surface area contributed by atoms with Crippen LogP contribution in [0.5, 0.6) is 5.88 Å². The van der Waals surface area contributed by atoms with E-state index in [-0.39, 0.29) is 18.0 Å². The largest absolute Gasteiger partial charge is 0.494 e. The van der Waals surface area contributed by atoms with Crippen LogP contribution in [0.1, 0.15) is 28.4 Å². The molecule has 7 nitrogen and oxygen atoms in total. The third kappa shape index (κ3) is 3.45. The Morgan fingerprint density at radius 1 is 1.10 bits per heavy atom. The van der Waals surface area contributed by atoms with Crippen LogP contribution >= 0.6 is 11.6 Å². The summed E-state index contributed by atoms with van der Waals surface area (Å²) < 4.78 is 1.22. The molecule has 8 heteroatoms. The molecule has 4 N–H and O–H groups in total. The summed E-state index contributed by atoms with van der Waals surface area (Å²) in [7, 11) is 0. The molecule has 0 bridgehead atoms. The van der Waals surface area contributed by atoms with Gasteiger partial charge in [0, 0.05) is 34.7 Å². The van der Waals surface area contributed by atoms with Crippen LogP contribution in [0.4, 0.5) is 0 Å². The predicted octanol–water partition coefficient (Wildman–Crippen LogP) is 2.85. The van der Waals surface area contributed by atoms with E-state index < -0.39 is 17.3 Å². The van der Waals surface area contributed by atoms with E-state index >= 15 is 0 Å². The van der Waals surface area contributed by atoms with Crippen LogP contribution < -0.4 is 16.6 Å². The van der Waals surface area contributed by atoms with Crippen LogP contribution in [0.25, 0.3) is 10.9 Å². The molecule has 31 heavy (non-hydrogen) atoms. The maximum atomic E-state index is 12.8. The highest BCUT2D eigenvalue weighted by Crippen LogP contribution is 2.35. The minimum absolute atomic E-state index is 0.131. The van der Waals surface area contributed by atoms with Crippen molar-refractivity contribution in [3.8, 4) is 5.88 Å². The van der Waals surface area contributed by atoms with Gasteiger partial charge in [0.25, 0.3) is 5.56 Å². The Labute approximate surface area is 182 Å². The van der Waals surface area contributed by atoms with Gasteiger partial charge in [0.2, 0.25) is 5.88 Å². The molecule has 0 fully saturated rings. The third-order valence-corrected chi connectivity index (χ3v) is 6.11. The monoisotopic (exact) mass is 436 g/mol. The van der Waals surface area contributed by atoms with Gasteiger partial charge in [0.1, 0.15) is 5.56 Å². The van der Waals surface area contributed by atoms with Crippen molar-refractivity contribution in [2.75, 3.05) is 6.54 Å². The Morgan fingerprint density at radius 2 is 1.90 bits per heavy atom. The van der Waals surface area contributed by atoms with Gasteiger partial charge in [-0.1, -0.05) is 41.9 Å². The van der Waals surface area contributed by atoms with Gasteiger partial charge < -0.3 is 15.4 Å². The predicted molar refractivity (Wildman–Crippen MR) is 120 cm³/mol. The topological polar surface area (TPSA) is 103 Å². The minimum Gasteiger partial charge on any atom is -0.494 e. The van der Waals surface area contributed by atoms with Gasteiger partial charge in [-0.25, -0.2) is 4.79 Å². The van der Waals surface area contributed by atoms with E-state index in [0.717, 1.165) is 34.1 Å². The number of aromatic hydroxyl groups is 1. The van der Waals surface area contributed by atoms with E-state index in [9.17, 15) is 14.7 Å². The van der Waals surface area contributed by atoms with E-state index in [1.807, 2.05) is 48.5 Å². The molecular weight excluding hydrogens is 416 g/mol. The summed E-state index contributed by atoms with van der Waals surface area (Å²) in [5.41, 5.74) is 2.72. The number of H-pyrrole nitrogens is 2. The zero-order chi connectivity index (χ0) is 21.5. The molecule has 0 spiro atoms. The van der Waals surface area contributed by atoms with Crippen molar-refractivity contribution in [2.24, 2.45) is 0 Å². The number of fused-ring (bicyclic) bond motifs is 3. The number of hydrogen-bond acceptors (Lipinski definition) is 4. The van der Waals surface area contributed by atoms with Gasteiger partial charge in [-0.3, -0.25) is 14.3 Å². The van der Waals surface area contributed by atoms with Crippen molar-refractivity contribution in [1.82, 2.24) is 19.9 Å². The normalized spacial score (nSPS) is 15.8. The molecule has 0 aliphatic carbocycles. The number of rotatable bonds is 4. The average Bonchev–Trinajstić information content (AvgIpc) is 3.13. The van der Waals surface area contributed by atoms with E-state index in [1.165, 1.54) is 4.57 Å². The lowest BCUT2D eigenvalue weighted by Gasteiger charge is -2.25. The van der Waals surface area contributed by atoms with Crippen molar-refractivity contribution in [3.05, 3.63) is 96.8 Å². The van der Waals surface area contributed by atoms with Gasteiger partial charge in [-0.05, 0) is 42.2 Å². The van der Waals surface area contributed by atoms with Crippen LogP contribution in [-0.2, 0) is 19.4 Å². The zero-order valence-electron chi connectivity index (χ0n) is 16.6. The van der Waals surface area contributed by atoms with Crippen LogP contribution in [0, 0.1) is 0 Å². The molecule has 1 aliphatic rings. The third-order valence-electron chi connectivity index (χ3n) is 5.88. The average molecular weight is 437 g/mol. The summed E-state index contributed by atoms with van der Waals surface area (Å²) in [6.45, 7) is 0.875. The number of nitrogens with one attached hydrogen (secondary N) is 3. The van der Waals surface area contributed by atoms with E-state index in [1.54, 1.807) is 0 Å². The van der Waals surface area contributed by atoms with E-state index in [2.05, 4.69) is 15.3 Å². The van der Waals surface area contributed by atoms with Crippen molar-refractivity contribution in [2.45, 2.75) is 25.4 Å². The van der Waals surface area contributed by atoms with Crippen LogP contribution in [-0.4, -0.2) is 26.2 Å².